The fourth-order valence-electron chi connectivity index (χ4n) is 1.74. The quantitative estimate of drug-likeness (QED) is 0.766. The number of rotatable bonds is 4. The molecule has 16 heavy (non-hydrogen) atoms. The monoisotopic (exact) mass is 216 g/mol. The summed E-state index contributed by atoms with van der Waals surface area (Å²) in [5, 5.41) is 9.94. The molecule has 0 saturated carbocycles. The van der Waals surface area contributed by atoms with Gasteiger partial charge >= 0.3 is 5.97 Å². The van der Waals surface area contributed by atoms with Crippen molar-refractivity contribution in [3.63, 3.8) is 0 Å². The summed E-state index contributed by atoms with van der Waals surface area (Å²) < 4.78 is 0. The van der Waals surface area contributed by atoms with Gasteiger partial charge in [-0.25, -0.2) is 4.79 Å². The lowest BCUT2D eigenvalue weighted by molar-refractivity contribution is -0.138. The molecule has 1 aromatic carbocycles. The standard InChI is InChI=1S/C12H12N2O2/c1-13-11(12(15)16)6-8-7-14-10-5-3-2-4-9(8)10/h2-5,7,11,14H,1,6H2,(H,15,16)/t11-/m0/s1. The fourth-order valence-corrected chi connectivity index (χ4v) is 1.74. The van der Waals surface area contributed by atoms with E-state index < -0.39 is 12.0 Å². The van der Waals surface area contributed by atoms with E-state index in [1.165, 1.54) is 0 Å². The number of aromatic nitrogens is 1. The van der Waals surface area contributed by atoms with Crippen molar-refractivity contribution >= 4 is 23.6 Å². The summed E-state index contributed by atoms with van der Waals surface area (Å²) in [6.45, 7) is 3.30. The van der Waals surface area contributed by atoms with E-state index in [0.29, 0.717) is 6.42 Å². The molecule has 0 fully saturated rings. The van der Waals surface area contributed by atoms with Gasteiger partial charge in [-0.3, -0.25) is 4.99 Å². The Hall–Kier alpha value is -2.10. The second kappa shape index (κ2) is 4.18. The molecule has 2 N–H and O–H groups in total. The topological polar surface area (TPSA) is 65.5 Å². The number of nitrogens with one attached hydrogen (secondary N) is 1. The molecule has 0 unspecified atom stereocenters. The van der Waals surface area contributed by atoms with Gasteiger partial charge in [-0.15, -0.1) is 0 Å². The summed E-state index contributed by atoms with van der Waals surface area (Å²) in [5.74, 6) is -0.944. The maximum Gasteiger partial charge on any atom is 0.328 e. The molecule has 0 aliphatic rings. The third-order valence-corrected chi connectivity index (χ3v) is 2.59. The summed E-state index contributed by atoms with van der Waals surface area (Å²) in [5.41, 5.74) is 1.96. The summed E-state index contributed by atoms with van der Waals surface area (Å²) in [6.07, 6.45) is 2.19. The number of para-hydroxylation sites is 1. The van der Waals surface area contributed by atoms with Crippen molar-refractivity contribution in [2.24, 2.45) is 4.99 Å². The van der Waals surface area contributed by atoms with Crippen molar-refractivity contribution in [1.82, 2.24) is 4.98 Å². The highest BCUT2D eigenvalue weighted by atomic mass is 16.4. The van der Waals surface area contributed by atoms with E-state index in [-0.39, 0.29) is 0 Å². The van der Waals surface area contributed by atoms with Crippen molar-refractivity contribution in [2.45, 2.75) is 12.5 Å². The minimum atomic E-state index is -0.944. The van der Waals surface area contributed by atoms with Crippen LogP contribution in [0, 0.1) is 0 Å². The zero-order valence-electron chi connectivity index (χ0n) is 8.68. The van der Waals surface area contributed by atoms with Gasteiger partial charge in [-0.2, -0.15) is 0 Å². The van der Waals surface area contributed by atoms with Crippen LogP contribution in [0.4, 0.5) is 0 Å². The first kappa shape index (κ1) is 10.4. The molecule has 0 saturated heterocycles. The number of hydrogen-bond acceptors (Lipinski definition) is 2. The van der Waals surface area contributed by atoms with E-state index in [2.05, 4.69) is 16.7 Å². The molecule has 2 rings (SSSR count). The number of carboxylic acid groups (broad SMARTS) is 1. The van der Waals surface area contributed by atoms with E-state index >= 15 is 0 Å². The highest BCUT2D eigenvalue weighted by molar-refractivity contribution is 5.84. The van der Waals surface area contributed by atoms with Gasteiger partial charge in [-0.05, 0) is 18.3 Å². The Balaban J connectivity index is 2.34. The zero-order valence-corrected chi connectivity index (χ0v) is 8.68. The Morgan fingerprint density at radius 2 is 2.25 bits per heavy atom. The maximum absolute atomic E-state index is 10.8. The number of aliphatic carboxylic acids is 1. The van der Waals surface area contributed by atoms with Gasteiger partial charge < -0.3 is 10.1 Å². The molecule has 1 aromatic heterocycles. The number of aromatic amines is 1. The van der Waals surface area contributed by atoms with E-state index in [9.17, 15) is 4.79 Å². The van der Waals surface area contributed by atoms with Gasteiger partial charge in [0.2, 0.25) is 0 Å². The van der Waals surface area contributed by atoms with Crippen LogP contribution in [0.1, 0.15) is 5.56 Å². The second-order valence-corrected chi connectivity index (χ2v) is 3.60. The molecule has 82 valence electrons. The number of benzene rings is 1. The largest absolute Gasteiger partial charge is 0.480 e. The molecule has 1 heterocycles. The number of hydrogen-bond donors (Lipinski definition) is 2. The predicted molar refractivity (Wildman–Crippen MR) is 63.0 cm³/mol. The SMILES string of the molecule is C=N[C@@H](Cc1c[nH]c2ccccc12)C(=O)O. The van der Waals surface area contributed by atoms with Crippen LogP contribution in [-0.4, -0.2) is 28.8 Å². The molecule has 2 aromatic rings. The lowest BCUT2D eigenvalue weighted by atomic mass is 10.1. The predicted octanol–water partition coefficient (Wildman–Crippen LogP) is 1.86. The maximum atomic E-state index is 10.8. The van der Waals surface area contributed by atoms with Crippen molar-refractivity contribution in [3.8, 4) is 0 Å². The Labute approximate surface area is 92.6 Å². The van der Waals surface area contributed by atoms with Crippen LogP contribution in [-0.2, 0) is 11.2 Å². The molecule has 4 nitrogen and oxygen atoms in total. The Morgan fingerprint density at radius 1 is 1.50 bits per heavy atom. The van der Waals surface area contributed by atoms with E-state index in [4.69, 9.17) is 5.11 Å². The third kappa shape index (κ3) is 1.82. The molecule has 0 radical (unpaired) electrons. The first-order valence-electron chi connectivity index (χ1n) is 4.96. The molecule has 1 atom stereocenters. The van der Waals surface area contributed by atoms with Crippen molar-refractivity contribution < 1.29 is 9.90 Å². The molecule has 0 aliphatic carbocycles. The van der Waals surface area contributed by atoms with E-state index in [0.717, 1.165) is 16.5 Å². The first-order valence-corrected chi connectivity index (χ1v) is 4.96. The Morgan fingerprint density at radius 3 is 2.94 bits per heavy atom. The second-order valence-electron chi connectivity index (χ2n) is 3.60. The Kier molecular flexibility index (Phi) is 2.72. The number of H-pyrrole nitrogens is 1. The molecular weight excluding hydrogens is 204 g/mol. The average molecular weight is 216 g/mol. The van der Waals surface area contributed by atoms with Crippen LogP contribution in [0.25, 0.3) is 10.9 Å². The van der Waals surface area contributed by atoms with Crippen LogP contribution in [0.2, 0.25) is 0 Å². The Bertz CT molecular complexity index is 531. The number of carboxylic acids is 1. The van der Waals surface area contributed by atoms with Crippen LogP contribution in [0.15, 0.2) is 35.5 Å². The smallest absolute Gasteiger partial charge is 0.328 e. The molecule has 0 spiro atoms. The zero-order chi connectivity index (χ0) is 11.5. The number of nitrogens with zero attached hydrogens (tertiary/aromatic N) is 1. The highest BCUT2D eigenvalue weighted by Crippen LogP contribution is 2.19. The molecule has 0 aliphatic heterocycles. The first-order chi connectivity index (χ1) is 7.72. The fraction of sp³-hybridized carbons (Fsp3) is 0.167. The summed E-state index contributed by atoms with van der Waals surface area (Å²) in [4.78, 5) is 17.6. The van der Waals surface area contributed by atoms with Gasteiger partial charge in [-0.1, -0.05) is 18.2 Å². The van der Waals surface area contributed by atoms with E-state index in [1.54, 1.807) is 0 Å². The van der Waals surface area contributed by atoms with Crippen LogP contribution >= 0.6 is 0 Å². The summed E-state index contributed by atoms with van der Waals surface area (Å²) in [7, 11) is 0. The number of carbonyl (C=O) groups is 1. The van der Waals surface area contributed by atoms with Crippen LogP contribution in [0.3, 0.4) is 0 Å². The van der Waals surface area contributed by atoms with Crippen LogP contribution < -0.4 is 0 Å². The van der Waals surface area contributed by atoms with E-state index in [1.807, 2.05) is 30.5 Å². The number of aliphatic imine (C=N–C) groups is 1. The lowest BCUT2D eigenvalue weighted by Crippen LogP contribution is -2.19. The summed E-state index contributed by atoms with van der Waals surface area (Å²) >= 11 is 0. The normalized spacial score (nSPS) is 12.5. The average Bonchev–Trinajstić information content (AvgIpc) is 2.69. The summed E-state index contributed by atoms with van der Waals surface area (Å²) in [6, 6.07) is 7.00. The van der Waals surface area contributed by atoms with Gasteiger partial charge in [0.15, 0.2) is 6.04 Å². The van der Waals surface area contributed by atoms with Crippen molar-refractivity contribution in [1.29, 1.82) is 0 Å². The molecular formula is C12H12N2O2. The minimum absolute atomic E-state index is 0.364. The third-order valence-electron chi connectivity index (χ3n) is 2.59. The molecule has 0 bridgehead atoms. The van der Waals surface area contributed by atoms with Crippen molar-refractivity contribution in [3.05, 3.63) is 36.0 Å². The molecule has 4 heteroatoms. The number of fused-ring (bicyclic) bond motifs is 1. The molecule has 0 amide bonds. The minimum Gasteiger partial charge on any atom is -0.480 e. The highest BCUT2D eigenvalue weighted by Gasteiger charge is 2.17. The van der Waals surface area contributed by atoms with Gasteiger partial charge in [0, 0.05) is 23.5 Å². The van der Waals surface area contributed by atoms with Gasteiger partial charge in [0.05, 0.1) is 0 Å². The van der Waals surface area contributed by atoms with Gasteiger partial charge in [0.1, 0.15) is 0 Å². The van der Waals surface area contributed by atoms with Gasteiger partial charge in [0.25, 0.3) is 0 Å². The lowest BCUT2D eigenvalue weighted by Gasteiger charge is -2.05. The van der Waals surface area contributed by atoms with Crippen LogP contribution in [0.5, 0.6) is 0 Å². The van der Waals surface area contributed by atoms with Crippen molar-refractivity contribution in [2.75, 3.05) is 0 Å².